The lowest BCUT2D eigenvalue weighted by atomic mass is 10.1. The summed E-state index contributed by atoms with van der Waals surface area (Å²) in [7, 11) is 2.64. The summed E-state index contributed by atoms with van der Waals surface area (Å²) in [4.78, 5) is 21.5. The Morgan fingerprint density at radius 1 is 1.38 bits per heavy atom. The van der Waals surface area contributed by atoms with E-state index in [1.165, 1.54) is 26.4 Å². The molecular weight excluding hydrogens is 282 g/mol. The molecule has 21 heavy (non-hydrogen) atoms. The Hall–Kier alpha value is -2.35. The Bertz CT molecular complexity index is 515. The molecule has 0 saturated heterocycles. The number of esters is 1. The molecule has 0 bridgehead atoms. The molecule has 0 heterocycles. The zero-order chi connectivity index (χ0) is 15.8. The van der Waals surface area contributed by atoms with Crippen molar-refractivity contribution in [1.82, 2.24) is 0 Å². The standard InChI is InChI=1S/C13H17NO7/c1-19-10-6-5-9(8-15)12(14(17)18)13(10)21-7-3-4-11(16)20-2/h5-6,15H,3-4,7-8H2,1-2H3. The number of carbonyl (C=O) groups excluding carboxylic acids is 1. The minimum Gasteiger partial charge on any atom is -0.493 e. The molecule has 0 unspecified atom stereocenters. The molecule has 0 aromatic heterocycles. The van der Waals surface area contributed by atoms with Crippen molar-refractivity contribution in [2.24, 2.45) is 0 Å². The van der Waals surface area contributed by atoms with E-state index in [1.54, 1.807) is 0 Å². The number of nitrogens with zero attached hydrogens (tertiary/aromatic N) is 1. The first-order valence-corrected chi connectivity index (χ1v) is 6.19. The molecule has 116 valence electrons. The highest BCUT2D eigenvalue weighted by Crippen LogP contribution is 2.39. The van der Waals surface area contributed by atoms with Crippen LogP contribution in [0.3, 0.4) is 0 Å². The normalized spacial score (nSPS) is 10.0. The fourth-order valence-corrected chi connectivity index (χ4v) is 1.71. The van der Waals surface area contributed by atoms with Gasteiger partial charge >= 0.3 is 11.7 Å². The van der Waals surface area contributed by atoms with Gasteiger partial charge in [0.15, 0.2) is 5.75 Å². The van der Waals surface area contributed by atoms with Crippen molar-refractivity contribution in [2.45, 2.75) is 19.4 Å². The summed E-state index contributed by atoms with van der Waals surface area (Å²) in [5.41, 5.74) is -0.210. The second-order valence-corrected chi connectivity index (χ2v) is 4.05. The quantitative estimate of drug-likeness (QED) is 0.335. The Labute approximate surface area is 121 Å². The lowest BCUT2D eigenvalue weighted by Crippen LogP contribution is -2.07. The molecule has 0 aliphatic rings. The summed E-state index contributed by atoms with van der Waals surface area (Å²) in [5.74, 6) is -0.250. The molecule has 0 radical (unpaired) electrons. The van der Waals surface area contributed by atoms with Crippen LogP contribution in [0.1, 0.15) is 18.4 Å². The lowest BCUT2D eigenvalue weighted by molar-refractivity contribution is -0.386. The molecule has 0 atom stereocenters. The highest BCUT2D eigenvalue weighted by atomic mass is 16.6. The van der Waals surface area contributed by atoms with Crippen molar-refractivity contribution in [3.8, 4) is 11.5 Å². The average molecular weight is 299 g/mol. The maximum Gasteiger partial charge on any atom is 0.320 e. The second-order valence-electron chi connectivity index (χ2n) is 4.05. The topological polar surface area (TPSA) is 108 Å². The van der Waals surface area contributed by atoms with Gasteiger partial charge < -0.3 is 19.3 Å². The van der Waals surface area contributed by atoms with Crippen LogP contribution in [0.4, 0.5) is 5.69 Å². The Morgan fingerprint density at radius 2 is 2.10 bits per heavy atom. The van der Waals surface area contributed by atoms with Crippen LogP contribution in [0.2, 0.25) is 0 Å². The van der Waals surface area contributed by atoms with Gasteiger partial charge in [0.25, 0.3) is 0 Å². The third-order valence-corrected chi connectivity index (χ3v) is 2.75. The van der Waals surface area contributed by atoms with Crippen molar-refractivity contribution in [1.29, 1.82) is 0 Å². The summed E-state index contributed by atoms with van der Waals surface area (Å²) < 4.78 is 14.9. The van der Waals surface area contributed by atoms with E-state index in [9.17, 15) is 14.9 Å². The molecule has 1 aromatic rings. The number of rotatable bonds is 8. The van der Waals surface area contributed by atoms with Crippen LogP contribution in [0, 0.1) is 10.1 Å². The number of hydrogen-bond donors (Lipinski definition) is 1. The van der Waals surface area contributed by atoms with E-state index in [0.717, 1.165) is 0 Å². The molecule has 0 spiro atoms. The first-order valence-electron chi connectivity index (χ1n) is 6.19. The third kappa shape index (κ3) is 4.32. The molecule has 1 rings (SSSR count). The lowest BCUT2D eigenvalue weighted by Gasteiger charge is -2.12. The molecule has 8 heteroatoms. The molecule has 1 aromatic carbocycles. The van der Waals surface area contributed by atoms with Crippen LogP contribution in [0.5, 0.6) is 11.5 Å². The van der Waals surface area contributed by atoms with Crippen molar-refractivity contribution in [3.63, 3.8) is 0 Å². The number of aliphatic hydroxyl groups is 1. The molecule has 1 N–H and O–H groups in total. The van der Waals surface area contributed by atoms with Gasteiger partial charge in [-0.05, 0) is 18.6 Å². The van der Waals surface area contributed by atoms with Crippen molar-refractivity contribution in [2.75, 3.05) is 20.8 Å². The highest BCUT2D eigenvalue weighted by Gasteiger charge is 2.25. The molecular formula is C13H17NO7. The highest BCUT2D eigenvalue weighted by molar-refractivity contribution is 5.69. The zero-order valence-electron chi connectivity index (χ0n) is 11.8. The number of hydrogen-bond acceptors (Lipinski definition) is 7. The number of nitro benzene ring substituents is 1. The third-order valence-electron chi connectivity index (χ3n) is 2.75. The summed E-state index contributed by atoms with van der Waals surface area (Å²) in [6.45, 7) is -0.403. The van der Waals surface area contributed by atoms with E-state index in [-0.39, 0.29) is 41.7 Å². The van der Waals surface area contributed by atoms with E-state index in [0.29, 0.717) is 6.42 Å². The van der Waals surface area contributed by atoms with Gasteiger partial charge in [-0.3, -0.25) is 14.9 Å². The van der Waals surface area contributed by atoms with Gasteiger partial charge in [-0.15, -0.1) is 0 Å². The number of carbonyl (C=O) groups is 1. The smallest absolute Gasteiger partial charge is 0.320 e. The molecule has 0 amide bonds. The van der Waals surface area contributed by atoms with Gasteiger partial charge in [0, 0.05) is 6.42 Å². The molecule has 8 nitrogen and oxygen atoms in total. The largest absolute Gasteiger partial charge is 0.493 e. The SMILES string of the molecule is COC(=O)CCCOc1c(OC)ccc(CO)c1[N+](=O)[O-]. The van der Waals surface area contributed by atoms with Crippen molar-refractivity contribution in [3.05, 3.63) is 27.8 Å². The Morgan fingerprint density at radius 3 is 2.62 bits per heavy atom. The van der Waals surface area contributed by atoms with E-state index in [4.69, 9.17) is 14.6 Å². The van der Waals surface area contributed by atoms with E-state index >= 15 is 0 Å². The summed E-state index contributed by atoms with van der Waals surface area (Å²) in [6, 6.07) is 2.88. The zero-order valence-corrected chi connectivity index (χ0v) is 11.8. The molecule has 0 aliphatic heterocycles. The van der Waals surface area contributed by atoms with Crippen LogP contribution < -0.4 is 9.47 Å². The molecule has 0 fully saturated rings. The fourth-order valence-electron chi connectivity index (χ4n) is 1.71. The van der Waals surface area contributed by atoms with Gasteiger partial charge in [-0.25, -0.2) is 0 Å². The number of methoxy groups -OCH3 is 2. The minimum absolute atomic E-state index is 0.0566. The van der Waals surface area contributed by atoms with Crippen molar-refractivity contribution < 1.29 is 29.0 Å². The van der Waals surface area contributed by atoms with E-state index < -0.39 is 11.5 Å². The fraction of sp³-hybridized carbons (Fsp3) is 0.462. The maximum absolute atomic E-state index is 11.1. The van der Waals surface area contributed by atoms with Crippen LogP contribution >= 0.6 is 0 Å². The first kappa shape index (κ1) is 16.7. The van der Waals surface area contributed by atoms with Gasteiger partial charge in [0.05, 0.1) is 37.9 Å². The van der Waals surface area contributed by atoms with Crippen LogP contribution in [-0.4, -0.2) is 36.8 Å². The second kappa shape index (κ2) is 8.05. The van der Waals surface area contributed by atoms with Crippen LogP contribution in [0.25, 0.3) is 0 Å². The van der Waals surface area contributed by atoms with Crippen molar-refractivity contribution >= 4 is 11.7 Å². The number of ether oxygens (including phenoxy) is 3. The summed E-state index contributed by atoms with van der Waals surface area (Å²) in [6.07, 6.45) is 0.489. The molecule has 0 aliphatic carbocycles. The summed E-state index contributed by atoms with van der Waals surface area (Å²) in [5, 5.41) is 20.3. The van der Waals surface area contributed by atoms with Gasteiger partial charge in [-0.1, -0.05) is 0 Å². The van der Waals surface area contributed by atoms with E-state index in [1.807, 2.05) is 0 Å². The van der Waals surface area contributed by atoms with Crippen LogP contribution in [0.15, 0.2) is 12.1 Å². The van der Waals surface area contributed by atoms with Crippen LogP contribution in [-0.2, 0) is 16.1 Å². The number of benzene rings is 1. The summed E-state index contributed by atoms with van der Waals surface area (Å²) >= 11 is 0. The monoisotopic (exact) mass is 299 g/mol. The van der Waals surface area contributed by atoms with E-state index in [2.05, 4.69) is 4.74 Å². The number of aliphatic hydroxyl groups excluding tert-OH is 1. The Balaban J connectivity index is 2.92. The van der Waals surface area contributed by atoms with Gasteiger partial charge in [-0.2, -0.15) is 0 Å². The first-order chi connectivity index (χ1) is 10.0. The average Bonchev–Trinajstić information content (AvgIpc) is 2.49. The number of nitro groups is 1. The van der Waals surface area contributed by atoms with Gasteiger partial charge in [0.1, 0.15) is 0 Å². The predicted octanol–water partition coefficient (Wildman–Crippen LogP) is 1.43. The molecule has 0 saturated carbocycles. The Kier molecular flexibility index (Phi) is 6.41. The maximum atomic E-state index is 11.1. The minimum atomic E-state index is -0.635. The predicted molar refractivity (Wildman–Crippen MR) is 72.3 cm³/mol. The van der Waals surface area contributed by atoms with Gasteiger partial charge in [0.2, 0.25) is 5.75 Å².